The molecule has 2 aromatic carbocycles. The van der Waals surface area contributed by atoms with Gasteiger partial charge in [-0.05, 0) is 36.8 Å². The zero-order valence-corrected chi connectivity index (χ0v) is 11.5. The molecule has 19 heavy (non-hydrogen) atoms. The molecule has 1 N–H and O–H groups in total. The molecule has 0 aliphatic heterocycles. The van der Waals surface area contributed by atoms with Crippen molar-refractivity contribution in [1.29, 1.82) is 0 Å². The second-order valence-electron chi connectivity index (χ2n) is 4.03. The summed E-state index contributed by atoms with van der Waals surface area (Å²) in [7, 11) is 0. The quantitative estimate of drug-likeness (QED) is 0.856. The molecule has 0 unspecified atom stereocenters. The summed E-state index contributed by atoms with van der Waals surface area (Å²) in [6.07, 6.45) is 0. The summed E-state index contributed by atoms with van der Waals surface area (Å²) in [5.74, 6) is -1.05. The number of hydrogen-bond acceptors (Lipinski definition) is 1. The average Bonchev–Trinajstić information content (AvgIpc) is 2.33. The lowest BCUT2D eigenvalue weighted by atomic mass is 10.1. The molecular weight excluding hydrogens is 288 g/mol. The Bertz CT molecular complexity index is 623. The third-order valence-corrected chi connectivity index (χ3v) is 3.19. The van der Waals surface area contributed by atoms with Crippen LogP contribution in [0.5, 0.6) is 0 Å². The zero-order valence-electron chi connectivity index (χ0n) is 10.0. The van der Waals surface area contributed by atoms with Gasteiger partial charge in [-0.15, -0.1) is 0 Å². The average molecular weight is 298 g/mol. The summed E-state index contributed by atoms with van der Waals surface area (Å²) < 4.78 is 13.6. The maximum Gasteiger partial charge on any atom is 0.258 e. The number of carbonyl (C=O) groups is 1. The molecule has 5 heteroatoms. The minimum absolute atomic E-state index is 0.0981. The van der Waals surface area contributed by atoms with Gasteiger partial charge in [0.2, 0.25) is 0 Å². The standard InChI is InChI=1S/C14H10Cl2FNO/c1-8-5-6-11(17)12(7-8)18-14(19)13-9(15)3-2-4-10(13)16/h2-7H,1H3,(H,18,19). The van der Waals surface area contributed by atoms with Crippen molar-refractivity contribution in [2.24, 2.45) is 0 Å². The smallest absolute Gasteiger partial charge is 0.258 e. The fourth-order valence-electron chi connectivity index (χ4n) is 1.63. The van der Waals surface area contributed by atoms with Gasteiger partial charge in [-0.25, -0.2) is 4.39 Å². The third-order valence-electron chi connectivity index (χ3n) is 2.56. The molecule has 0 aliphatic carbocycles. The van der Waals surface area contributed by atoms with E-state index in [0.29, 0.717) is 0 Å². The van der Waals surface area contributed by atoms with Crippen molar-refractivity contribution in [2.45, 2.75) is 6.92 Å². The van der Waals surface area contributed by atoms with E-state index in [1.807, 2.05) is 0 Å². The highest BCUT2D eigenvalue weighted by Gasteiger charge is 2.16. The van der Waals surface area contributed by atoms with Crippen LogP contribution in [0.1, 0.15) is 15.9 Å². The monoisotopic (exact) mass is 297 g/mol. The number of rotatable bonds is 2. The summed E-state index contributed by atoms with van der Waals surface area (Å²) in [6.45, 7) is 1.80. The highest BCUT2D eigenvalue weighted by molar-refractivity contribution is 6.40. The molecule has 1 amide bonds. The van der Waals surface area contributed by atoms with Crippen molar-refractivity contribution in [2.75, 3.05) is 5.32 Å². The predicted octanol–water partition coefficient (Wildman–Crippen LogP) is 4.69. The van der Waals surface area contributed by atoms with Gasteiger partial charge in [0.05, 0.1) is 21.3 Å². The van der Waals surface area contributed by atoms with Crippen LogP contribution in [-0.4, -0.2) is 5.91 Å². The number of halogens is 3. The molecule has 0 saturated carbocycles. The van der Waals surface area contributed by atoms with Gasteiger partial charge in [-0.2, -0.15) is 0 Å². The fourth-order valence-corrected chi connectivity index (χ4v) is 2.20. The maximum atomic E-state index is 13.6. The number of carbonyl (C=O) groups excluding carboxylic acids is 1. The van der Waals surface area contributed by atoms with E-state index in [-0.39, 0.29) is 21.3 Å². The van der Waals surface area contributed by atoms with E-state index >= 15 is 0 Å². The van der Waals surface area contributed by atoms with E-state index in [1.165, 1.54) is 12.1 Å². The Kier molecular flexibility index (Phi) is 4.08. The van der Waals surface area contributed by atoms with E-state index < -0.39 is 11.7 Å². The van der Waals surface area contributed by atoms with Crippen molar-refractivity contribution in [3.8, 4) is 0 Å². The molecule has 0 radical (unpaired) electrons. The molecule has 0 bridgehead atoms. The first-order chi connectivity index (χ1) is 8.99. The number of nitrogens with one attached hydrogen (secondary N) is 1. The lowest BCUT2D eigenvalue weighted by molar-refractivity contribution is 0.102. The number of amides is 1. The van der Waals surface area contributed by atoms with E-state index in [4.69, 9.17) is 23.2 Å². The van der Waals surface area contributed by atoms with Gasteiger partial charge in [0.1, 0.15) is 5.82 Å². The van der Waals surface area contributed by atoms with Gasteiger partial charge in [0, 0.05) is 0 Å². The van der Waals surface area contributed by atoms with E-state index in [0.717, 1.165) is 5.56 Å². The summed E-state index contributed by atoms with van der Waals surface area (Å²) in [5.41, 5.74) is 1.06. The van der Waals surface area contributed by atoms with Crippen molar-refractivity contribution in [1.82, 2.24) is 0 Å². The van der Waals surface area contributed by atoms with Gasteiger partial charge < -0.3 is 5.32 Å². The zero-order chi connectivity index (χ0) is 14.0. The second kappa shape index (κ2) is 5.59. The van der Waals surface area contributed by atoms with Crippen LogP contribution in [0.25, 0.3) is 0 Å². The molecule has 0 fully saturated rings. The minimum Gasteiger partial charge on any atom is -0.319 e. The van der Waals surface area contributed by atoms with Crippen molar-refractivity contribution < 1.29 is 9.18 Å². The molecule has 0 aromatic heterocycles. The molecular formula is C14H10Cl2FNO. The molecule has 2 nitrogen and oxygen atoms in total. The van der Waals surface area contributed by atoms with Crippen molar-refractivity contribution >= 4 is 34.8 Å². The largest absolute Gasteiger partial charge is 0.319 e. The molecule has 2 aromatic rings. The Morgan fingerprint density at radius 1 is 1.16 bits per heavy atom. The predicted molar refractivity (Wildman–Crippen MR) is 75.6 cm³/mol. The number of benzene rings is 2. The van der Waals surface area contributed by atoms with E-state index in [2.05, 4.69) is 5.32 Å². The number of anilines is 1. The van der Waals surface area contributed by atoms with Gasteiger partial charge >= 0.3 is 0 Å². The first-order valence-corrected chi connectivity index (χ1v) is 6.26. The summed E-state index contributed by atoms with van der Waals surface area (Å²) in [4.78, 5) is 12.1. The Hall–Kier alpha value is -1.58. The Morgan fingerprint density at radius 3 is 2.42 bits per heavy atom. The molecule has 0 heterocycles. The fraction of sp³-hybridized carbons (Fsp3) is 0.0714. The Morgan fingerprint density at radius 2 is 1.79 bits per heavy atom. The van der Waals surface area contributed by atoms with Gasteiger partial charge in [-0.3, -0.25) is 4.79 Å². The first-order valence-electron chi connectivity index (χ1n) is 5.50. The van der Waals surface area contributed by atoms with Crippen LogP contribution in [0.4, 0.5) is 10.1 Å². The summed E-state index contributed by atoms with van der Waals surface area (Å²) >= 11 is 11.8. The van der Waals surface area contributed by atoms with Crippen LogP contribution in [-0.2, 0) is 0 Å². The second-order valence-corrected chi connectivity index (χ2v) is 4.85. The molecule has 0 saturated heterocycles. The number of hydrogen-bond donors (Lipinski definition) is 1. The first kappa shape index (κ1) is 13.8. The molecule has 98 valence electrons. The summed E-state index contributed by atoms with van der Waals surface area (Å²) in [5, 5.41) is 2.91. The Labute approximate surface area is 120 Å². The highest BCUT2D eigenvalue weighted by atomic mass is 35.5. The third kappa shape index (κ3) is 3.06. The maximum absolute atomic E-state index is 13.6. The van der Waals surface area contributed by atoms with Crippen LogP contribution in [0, 0.1) is 12.7 Å². The van der Waals surface area contributed by atoms with Crippen LogP contribution >= 0.6 is 23.2 Å². The van der Waals surface area contributed by atoms with Crippen LogP contribution in [0.2, 0.25) is 10.0 Å². The topological polar surface area (TPSA) is 29.1 Å². The van der Waals surface area contributed by atoms with E-state index in [9.17, 15) is 9.18 Å². The molecule has 0 aliphatic rings. The van der Waals surface area contributed by atoms with Gasteiger partial charge in [0.15, 0.2) is 0 Å². The molecule has 2 rings (SSSR count). The van der Waals surface area contributed by atoms with E-state index in [1.54, 1.807) is 31.2 Å². The SMILES string of the molecule is Cc1ccc(F)c(NC(=O)c2c(Cl)cccc2Cl)c1. The van der Waals surface area contributed by atoms with Crippen molar-refractivity contribution in [3.05, 3.63) is 63.4 Å². The van der Waals surface area contributed by atoms with Gasteiger partial charge in [0.25, 0.3) is 5.91 Å². The van der Waals surface area contributed by atoms with Crippen LogP contribution in [0.15, 0.2) is 36.4 Å². The van der Waals surface area contributed by atoms with Crippen molar-refractivity contribution in [3.63, 3.8) is 0 Å². The Balaban J connectivity index is 2.34. The highest BCUT2D eigenvalue weighted by Crippen LogP contribution is 2.26. The lowest BCUT2D eigenvalue weighted by Crippen LogP contribution is -2.14. The minimum atomic E-state index is -0.542. The van der Waals surface area contributed by atoms with Crippen LogP contribution in [0.3, 0.4) is 0 Å². The lowest BCUT2D eigenvalue weighted by Gasteiger charge is -2.09. The normalized spacial score (nSPS) is 10.3. The molecule has 0 atom stereocenters. The summed E-state index contributed by atoms with van der Waals surface area (Å²) in [6, 6.07) is 9.18. The van der Waals surface area contributed by atoms with Crippen LogP contribution < -0.4 is 5.32 Å². The van der Waals surface area contributed by atoms with Gasteiger partial charge in [-0.1, -0.05) is 35.3 Å². The number of aryl methyl sites for hydroxylation is 1. The molecule has 0 spiro atoms.